The Hall–Kier alpha value is -2.22. The van der Waals surface area contributed by atoms with Crippen LogP contribution >= 0.6 is 0 Å². The van der Waals surface area contributed by atoms with Gasteiger partial charge >= 0.3 is 0 Å². The minimum atomic E-state index is 1.17. The molecule has 0 saturated heterocycles. The van der Waals surface area contributed by atoms with E-state index in [9.17, 15) is 0 Å². The standard InChI is InChI=1S/C31H46N2/c1-5-8-10-12-14-16-18-26-20-22-28-30(24-26)33(7-3)31-25-27(21-23-29(31)32(28)4)19-17-15-13-11-9-6-2/h7,20-25H,3,5-6,8-19H2,1-2,4H3. The molecule has 0 saturated carbocycles. The Kier molecular flexibility index (Phi) is 10.4. The van der Waals surface area contributed by atoms with Crippen LogP contribution in [0.25, 0.3) is 0 Å². The van der Waals surface area contributed by atoms with Gasteiger partial charge in [-0.25, -0.2) is 0 Å². The molecule has 2 aromatic rings. The van der Waals surface area contributed by atoms with Crippen LogP contribution in [0.1, 0.15) is 102 Å². The first kappa shape index (κ1) is 25.4. The molecule has 0 N–H and O–H groups in total. The van der Waals surface area contributed by atoms with E-state index < -0.39 is 0 Å². The summed E-state index contributed by atoms with van der Waals surface area (Å²) < 4.78 is 0. The number of benzene rings is 2. The summed E-state index contributed by atoms with van der Waals surface area (Å²) in [6.45, 7) is 8.75. The van der Waals surface area contributed by atoms with E-state index in [0.29, 0.717) is 0 Å². The van der Waals surface area contributed by atoms with Crippen molar-refractivity contribution in [2.75, 3.05) is 16.8 Å². The zero-order chi connectivity index (χ0) is 23.5. The molecular weight excluding hydrogens is 400 g/mol. The molecule has 1 aliphatic rings. The fraction of sp³-hybridized carbons (Fsp3) is 0.548. The van der Waals surface area contributed by atoms with Gasteiger partial charge in [0.1, 0.15) is 0 Å². The van der Waals surface area contributed by atoms with Gasteiger partial charge in [-0.05, 0) is 61.1 Å². The molecule has 180 valence electrons. The summed E-state index contributed by atoms with van der Waals surface area (Å²) in [6, 6.07) is 14.0. The first-order chi connectivity index (χ1) is 16.2. The topological polar surface area (TPSA) is 6.48 Å². The van der Waals surface area contributed by atoms with Gasteiger partial charge in [-0.1, -0.05) is 96.8 Å². The summed E-state index contributed by atoms with van der Waals surface area (Å²) in [5, 5.41) is 0. The smallest absolute Gasteiger partial charge is 0.0696 e. The van der Waals surface area contributed by atoms with E-state index in [1.807, 2.05) is 6.20 Å². The van der Waals surface area contributed by atoms with Crippen molar-refractivity contribution < 1.29 is 0 Å². The Labute approximate surface area is 203 Å². The van der Waals surface area contributed by atoms with Crippen LogP contribution < -0.4 is 9.80 Å². The molecular formula is C31H46N2. The minimum absolute atomic E-state index is 1.17. The highest BCUT2D eigenvalue weighted by molar-refractivity contribution is 5.94. The first-order valence-corrected chi connectivity index (χ1v) is 13.6. The zero-order valence-corrected chi connectivity index (χ0v) is 21.5. The van der Waals surface area contributed by atoms with Crippen molar-refractivity contribution in [2.24, 2.45) is 0 Å². The molecule has 0 bridgehead atoms. The number of unbranched alkanes of at least 4 members (excludes halogenated alkanes) is 10. The Bertz CT molecular complexity index is 802. The van der Waals surface area contributed by atoms with Crippen molar-refractivity contribution in [1.29, 1.82) is 0 Å². The molecule has 2 aromatic carbocycles. The van der Waals surface area contributed by atoms with Gasteiger partial charge in [0.25, 0.3) is 0 Å². The minimum Gasteiger partial charge on any atom is -0.341 e. The third kappa shape index (κ3) is 6.88. The van der Waals surface area contributed by atoms with Crippen LogP contribution in [0, 0.1) is 0 Å². The van der Waals surface area contributed by atoms with E-state index in [0.717, 1.165) is 0 Å². The lowest BCUT2D eigenvalue weighted by atomic mass is 9.99. The van der Waals surface area contributed by atoms with Crippen LogP contribution in [0.4, 0.5) is 22.7 Å². The average molecular weight is 447 g/mol. The van der Waals surface area contributed by atoms with Crippen LogP contribution in [0.2, 0.25) is 0 Å². The molecule has 0 amide bonds. The Morgan fingerprint density at radius 2 is 1.03 bits per heavy atom. The van der Waals surface area contributed by atoms with Crippen molar-refractivity contribution in [2.45, 2.75) is 104 Å². The van der Waals surface area contributed by atoms with Gasteiger partial charge in [-0.3, -0.25) is 0 Å². The zero-order valence-electron chi connectivity index (χ0n) is 21.5. The first-order valence-electron chi connectivity index (χ1n) is 13.6. The van der Waals surface area contributed by atoms with Crippen LogP contribution in [-0.2, 0) is 12.8 Å². The summed E-state index contributed by atoms with van der Waals surface area (Å²) in [5.41, 5.74) is 7.93. The molecule has 1 aliphatic heterocycles. The Morgan fingerprint density at radius 1 is 0.606 bits per heavy atom. The van der Waals surface area contributed by atoms with Crippen molar-refractivity contribution in [3.63, 3.8) is 0 Å². The lowest BCUT2D eigenvalue weighted by molar-refractivity contribution is 0.607. The number of aryl methyl sites for hydroxylation is 2. The predicted molar refractivity (Wildman–Crippen MR) is 147 cm³/mol. The molecule has 0 aromatic heterocycles. The lowest BCUT2D eigenvalue weighted by Gasteiger charge is -2.37. The molecule has 0 aliphatic carbocycles. The Morgan fingerprint density at radius 3 is 1.45 bits per heavy atom. The second-order valence-corrected chi connectivity index (χ2v) is 9.79. The molecule has 0 fully saturated rings. The van der Waals surface area contributed by atoms with Crippen LogP contribution in [0.15, 0.2) is 49.2 Å². The highest BCUT2D eigenvalue weighted by atomic mass is 15.2. The molecule has 33 heavy (non-hydrogen) atoms. The maximum Gasteiger partial charge on any atom is 0.0696 e. The number of nitrogens with zero attached hydrogens (tertiary/aromatic N) is 2. The highest BCUT2D eigenvalue weighted by Crippen LogP contribution is 2.48. The second kappa shape index (κ2) is 13.5. The predicted octanol–water partition coefficient (Wildman–Crippen LogP) is 9.86. The van der Waals surface area contributed by atoms with Gasteiger partial charge < -0.3 is 9.80 Å². The van der Waals surface area contributed by atoms with Gasteiger partial charge in [-0.15, -0.1) is 0 Å². The van der Waals surface area contributed by atoms with Crippen molar-refractivity contribution in [1.82, 2.24) is 0 Å². The Balaban J connectivity index is 1.67. The summed E-state index contributed by atoms with van der Waals surface area (Å²) in [4.78, 5) is 4.65. The molecule has 3 rings (SSSR count). The lowest BCUT2D eigenvalue weighted by Crippen LogP contribution is -2.23. The van der Waals surface area contributed by atoms with Crippen LogP contribution in [0.5, 0.6) is 0 Å². The fourth-order valence-electron chi connectivity index (χ4n) is 5.08. The molecule has 0 spiro atoms. The highest BCUT2D eigenvalue weighted by Gasteiger charge is 2.25. The fourth-order valence-corrected chi connectivity index (χ4v) is 5.08. The monoisotopic (exact) mass is 446 g/mol. The van der Waals surface area contributed by atoms with Crippen molar-refractivity contribution >= 4 is 22.7 Å². The van der Waals surface area contributed by atoms with E-state index in [2.05, 4.69) is 73.7 Å². The molecule has 2 nitrogen and oxygen atoms in total. The summed E-state index contributed by atoms with van der Waals surface area (Å²) >= 11 is 0. The second-order valence-electron chi connectivity index (χ2n) is 9.79. The van der Waals surface area contributed by atoms with Crippen molar-refractivity contribution in [3.05, 3.63) is 60.3 Å². The van der Waals surface area contributed by atoms with E-state index in [-0.39, 0.29) is 0 Å². The normalized spacial score (nSPS) is 12.6. The van der Waals surface area contributed by atoms with Gasteiger partial charge in [0, 0.05) is 13.2 Å². The molecule has 0 radical (unpaired) electrons. The summed E-state index contributed by atoms with van der Waals surface area (Å²) in [5.74, 6) is 0. The van der Waals surface area contributed by atoms with E-state index in [1.165, 1.54) is 124 Å². The number of anilines is 4. The van der Waals surface area contributed by atoms with Gasteiger partial charge in [-0.2, -0.15) is 0 Å². The number of fused-ring (bicyclic) bond motifs is 2. The largest absolute Gasteiger partial charge is 0.341 e. The average Bonchev–Trinajstić information content (AvgIpc) is 2.83. The maximum atomic E-state index is 4.18. The molecule has 0 unspecified atom stereocenters. The SMILES string of the molecule is C=CN1c2cc(CCCCCCCC)ccc2N(C)c2ccc(CCCCCCCC)cc21. The summed E-state index contributed by atoms with van der Waals surface area (Å²) in [7, 11) is 2.19. The molecule has 2 heteroatoms. The van der Waals surface area contributed by atoms with Crippen LogP contribution in [0.3, 0.4) is 0 Å². The number of hydrogen-bond donors (Lipinski definition) is 0. The number of rotatable bonds is 15. The summed E-state index contributed by atoms with van der Waals surface area (Å²) in [6.07, 6.45) is 20.5. The van der Waals surface area contributed by atoms with Gasteiger partial charge in [0.15, 0.2) is 0 Å². The molecule has 0 atom stereocenters. The third-order valence-electron chi connectivity index (χ3n) is 7.14. The van der Waals surface area contributed by atoms with E-state index >= 15 is 0 Å². The molecule has 1 heterocycles. The van der Waals surface area contributed by atoms with Crippen molar-refractivity contribution in [3.8, 4) is 0 Å². The van der Waals surface area contributed by atoms with E-state index in [1.54, 1.807) is 0 Å². The maximum absolute atomic E-state index is 4.18. The quantitative estimate of drug-likeness (QED) is 0.251. The number of hydrogen-bond acceptors (Lipinski definition) is 2. The van der Waals surface area contributed by atoms with Gasteiger partial charge in [0.2, 0.25) is 0 Å². The third-order valence-corrected chi connectivity index (χ3v) is 7.14. The van der Waals surface area contributed by atoms with E-state index in [4.69, 9.17) is 0 Å². The van der Waals surface area contributed by atoms with Gasteiger partial charge in [0.05, 0.1) is 22.7 Å². The van der Waals surface area contributed by atoms with Crippen LogP contribution in [-0.4, -0.2) is 7.05 Å².